The number of hydrogen-bond acceptors (Lipinski definition) is 3. The quantitative estimate of drug-likeness (QED) is 0.656. The topological polar surface area (TPSA) is 54.5 Å². The minimum Gasteiger partial charge on any atom is -0.327 e. The minimum absolute atomic E-state index is 0.0417. The lowest BCUT2D eigenvalue weighted by molar-refractivity contribution is -0.133. The fraction of sp³-hybridized carbons (Fsp3) is 0.727. The molecule has 0 radical (unpaired) electrons. The number of sulfone groups is 1. The van der Waals surface area contributed by atoms with Crippen LogP contribution in [0.2, 0.25) is 0 Å². The standard InChI is InChI=1S/C11H15NO3S/c1-2-6-12(11(13)9-3-4-9)10-5-7-16(14,15)8-10/h1,9-10H,3-8H2. The van der Waals surface area contributed by atoms with E-state index in [0.717, 1.165) is 12.8 Å². The average molecular weight is 241 g/mol. The summed E-state index contributed by atoms with van der Waals surface area (Å²) in [6.45, 7) is 0.232. The first-order valence-corrected chi connectivity index (χ1v) is 7.30. The lowest BCUT2D eigenvalue weighted by Gasteiger charge is -2.26. The van der Waals surface area contributed by atoms with E-state index in [-0.39, 0.29) is 35.9 Å². The number of nitrogens with zero attached hydrogens (tertiary/aromatic N) is 1. The van der Waals surface area contributed by atoms with E-state index in [4.69, 9.17) is 6.42 Å². The summed E-state index contributed by atoms with van der Waals surface area (Å²) in [5.74, 6) is 2.84. The Balaban J connectivity index is 2.08. The molecule has 1 unspecified atom stereocenters. The van der Waals surface area contributed by atoms with E-state index in [0.29, 0.717) is 6.42 Å². The molecular weight excluding hydrogens is 226 g/mol. The third kappa shape index (κ3) is 2.38. The van der Waals surface area contributed by atoms with Crippen molar-refractivity contribution < 1.29 is 13.2 Å². The van der Waals surface area contributed by atoms with E-state index in [1.54, 1.807) is 4.90 Å². The molecule has 0 aromatic rings. The predicted molar refractivity (Wildman–Crippen MR) is 60.3 cm³/mol. The van der Waals surface area contributed by atoms with Gasteiger partial charge in [-0.1, -0.05) is 5.92 Å². The highest BCUT2D eigenvalue weighted by atomic mass is 32.2. The molecule has 4 nitrogen and oxygen atoms in total. The smallest absolute Gasteiger partial charge is 0.226 e. The number of hydrogen-bond donors (Lipinski definition) is 0. The molecule has 5 heteroatoms. The highest BCUT2D eigenvalue weighted by Crippen LogP contribution is 2.32. The third-order valence-electron chi connectivity index (χ3n) is 3.12. The van der Waals surface area contributed by atoms with Crippen molar-refractivity contribution in [3.8, 4) is 12.3 Å². The van der Waals surface area contributed by atoms with Crippen LogP contribution in [0.5, 0.6) is 0 Å². The van der Waals surface area contributed by atoms with Gasteiger partial charge in [0.15, 0.2) is 9.84 Å². The molecule has 16 heavy (non-hydrogen) atoms. The van der Waals surface area contributed by atoms with Crippen molar-refractivity contribution >= 4 is 15.7 Å². The molecule has 88 valence electrons. The maximum Gasteiger partial charge on any atom is 0.226 e. The number of amides is 1. The number of terminal acetylenes is 1. The summed E-state index contributed by atoms with van der Waals surface area (Å²) < 4.78 is 22.7. The van der Waals surface area contributed by atoms with Crippen molar-refractivity contribution in [1.82, 2.24) is 4.90 Å². The SMILES string of the molecule is C#CCN(C(=O)C1CC1)C1CCS(=O)(=O)C1. The molecule has 1 amide bonds. The highest BCUT2D eigenvalue weighted by Gasteiger charge is 2.39. The predicted octanol–water partition coefficient (Wildman–Crippen LogP) is 0.0453. The molecule has 0 N–H and O–H groups in total. The van der Waals surface area contributed by atoms with Crippen molar-refractivity contribution in [2.45, 2.75) is 25.3 Å². The van der Waals surface area contributed by atoms with Crippen LogP contribution in [-0.4, -0.2) is 43.3 Å². The molecule has 0 spiro atoms. The van der Waals surface area contributed by atoms with Gasteiger partial charge < -0.3 is 4.90 Å². The van der Waals surface area contributed by atoms with Gasteiger partial charge in [-0.25, -0.2) is 8.42 Å². The van der Waals surface area contributed by atoms with Crippen LogP contribution in [0.3, 0.4) is 0 Å². The van der Waals surface area contributed by atoms with E-state index in [2.05, 4.69) is 5.92 Å². The number of carbonyl (C=O) groups is 1. The van der Waals surface area contributed by atoms with Crippen LogP contribution < -0.4 is 0 Å². The van der Waals surface area contributed by atoms with Gasteiger partial charge in [0.05, 0.1) is 18.1 Å². The molecule has 0 aromatic carbocycles. The molecule has 0 aromatic heterocycles. The fourth-order valence-electron chi connectivity index (χ4n) is 2.07. The molecule has 2 rings (SSSR count). The molecular formula is C11H15NO3S. The van der Waals surface area contributed by atoms with Crippen LogP contribution in [-0.2, 0) is 14.6 Å². The van der Waals surface area contributed by atoms with Gasteiger partial charge in [0.1, 0.15) is 0 Å². The molecule has 1 saturated heterocycles. The maximum atomic E-state index is 11.9. The van der Waals surface area contributed by atoms with Gasteiger partial charge >= 0.3 is 0 Å². The van der Waals surface area contributed by atoms with Crippen LogP contribution in [0, 0.1) is 18.3 Å². The van der Waals surface area contributed by atoms with Gasteiger partial charge in [0.2, 0.25) is 5.91 Å². The Bertz CT molecular complexity index is 431. The van der Waals surface area contributed by atoms with Crippen molar-refractivity contribution in [3.63, 3.8) is 0 Å². The first-order chi connectivity index (χ1) is 7.53. The zero-order valence-corrected chi connectivity index (χ0v) is 9.87. The van der Waals surface area contributed by atoms with Crippen LogP contribution in [0.4, 0.5) is 0 Å². The van der Waals surface area contributed by atoms with E-state index in [1.807, 2.05) is 0 Å². The zero-order valence-electron chi connectivity index (χ0n) is 9.05. The molecule has 1 atom stereocenters. The molecule has 1 aliphatic carbocycles. The van der Waals surface area contributed by atoms with Crippen molar-refractivity contribution in [2.75, 3.05) is 18.1 Å². The molecule has 2 fully saturated rings. The summed E-state index contributed by atoms with van der Waals surface area (Å²) in [7, 11) is -2.96. The summed E-state index contributed by atoms with van der Waals surface area (Å²) in [4.78, 5) is 13.5. The summed E-state index contributed by atoms with van der Waals surface area (Å²) in [6, 6.07) is -0.200. The molecule has 1 aliphatic heterocycles. The fourth-order valence-corrected chi connectivity index (χ4v) is 3.80. The lowest BCUT2D eigenvalue weighted by atomic mass is 10.2. The summed E-state index contributed by atoms with van der Waals surface area (Å²) in [6.07, 6.45) is 7.59. The Kier molecular flexibility index (Phi) is 2.94. The van der Waals surface area contributed by atoms with Crippen molar-refractivity contribution in [3.05, 3.63) is 0 Å². The molecule has 1 saturated carbocycles. The monoisotopic (exact) mass is 241 g/mol. The minimum atomic E-state index is -2.96. The van der Waals surface area contributed by atoms with Crippen molar-refractivity contribution in [2.24, 2.45) is 5.92 Å². The molecule has 1 heterocycles. The average Bonchev–Trinajstić information content (AvgIpc) is 2.99. The Morgan fingerprint density at radius 2 is 2.06 bits per heavy atom. The van der Waals surface area contributed by atoms with Gasteiger partial charge in [0, 0.05) is 12.0 Å². The van der Waals surface area contributed by atoms with E-state index >= 15 is 0 Å². The van der Waals surface area contributed by atoms with E-state index in [9.17, 15) is 13.2 Å². The normalized spacial score (nSPS) is 27.3. The first kappa shape index (κ1) is 11.5. The number of rotatable bonds is 3. The Morgan fingerprint density at radius 3 is 2.50 bits per heavy atom. The van der Waals surface area contributed by atoms with Crippen LogP contribution in [0.25, 0.3) is 0 Å². The number of carbonyl (C=O) groups excluding carboxylic acids is 1. The van der Waals surface area contributed by atoms with Gasteiger partial charge in [0.25, 0.3) is 0 Å². The summed E-state index contributed by atoms with van der Waals surface area (Å²) >= 11 is 0. The first-order valence-electron chi connectivity index (χ1n) is 5.48. The molecule has 2 aliphatic rings. The van der Waals surface area contributed by atoms with E-state index in [1.165, 1.54) is 0 Å². The third-order valence-corrected chi connectivity index (χ3v) is 4.87. The van der Waals surface area contributed by atoms with Crippen LogP contribution in [0.1, 0.15) is 19.3 Å². The summed E-state index contributed by atoms with van der Waals surface area (Å²) in [5.41, 5.74) is 0. The Hall–Kier alpha value is -1.02. The molecule has 0 bridgehead atoms. The maximum absolute atomic E-state index is 11.9. The van der Waals surface area contributed by atoms with Crippen LogP contribution in [0.15, 0.2) is 0 Å². The van der Waals surface area contributed by atoms with Gasteiger partial charge in [-0.15, -0.1) is 6.42 Å². The lowest BCUT2D eigenvalue weighted by Crippen LogP contribution is -2.42. The van der Waals surface area contributed by atoms with Gasteiger partial charge in [-0.2, -0.15) is 0 Å². The second-order valence-electron chi connectivity index (χ2n) is 4.50. The zero-order chi connectivity index (χ0) is 11.8. The van der Waals surface area contributed by atoms with Crippen molar-refractivity contribution in [1.29, 1.82) is 0 Å². The highest BCUT2D eigenvalue weighted by molar-refractivity contribution is 7.91. The Labute approximate surface area is 95.9 Å². The van der Waals surface area contributed by atoms with E-state index < -0.39 is 9.84 Å². The Morgan fingerprint density at radius 1 is 1.38 bits per heavy atom. The second-order valence-corrected chi connectivity index (χ2v) is 6.73. The van der Waals surface area contributed by atoms with Gasteiger partial charge in [-0.05, 0) is 19.3 Å². The summed E-state index contributed by atoms with van der Waals surface area (Å²) in [5, 5.41) is 0. The largest absolute Gasteiger partial charge is 0.327 e. The second kappa shape index (κ2) is 4.10. The van der Waals surface area contributed by atoms with Gasteiger partial charge in [-0.3, -0.25) is 4.79 Å². The van der Waals surface area contributed by atoms with Crippen LogP contribution >= 0.6 is 0 Å².